The molecule has 0 unspecified atom stereocenters. The zero-order valence-electron chi connectivity index (χ0n) is 19.7. The van der Waals surface area contributed by atoms with Crippen LogP contribution in [0.4, 0.5) is 10.1 Å². The number of benzene rings is 1. The molecule has 6 aromatic rings. The summed E-state index contributed by atoms with van der Waals surface area (Å²) in [7, 11) is 0. The van der Waals surface area contributed by atoms with E-state index in [0.29, 0.717) is 39.6 Å². The van der Waals surface area contributed by atoms with Gasteiger partial charge in [-0.3, -0.25) is 20.1 Å². The van der Waals surface area contributed by atoms with Crippen LogP contribution in [0, 0.1) is 11.7 Å². The fourth-order valence-corrected chi connectivity index (χ4v) is 4.58. The van der Waals surface area contributed by atoms with Gasteiger partial charge in [0.25, 0.3) is 0 Å². The number of allylic oxidation sites excluding steroid dienone is 1. The van der Waals surface area contributed by atoms with Gasteiger partial charge in [0.15, 0.2) is 11.6 Å². The molecule has 9 heteroatoms. The fraction of sp³-hybridized carbons (Fsp3) is 0.107. The predicted molar refractivity (Wildman–Crippen MR) is 141 cm³/mol. The minimum Gasteiger partial charge on any atom is -0.358 e. The zero-order chi connectivity index (χ0) is 24.9. The van der Waals surface area contributed by atoms with Crippen molar-refractivity contribution in [3.05, 3.63) is 85.5 Å². The number of H-pyrrole nitrogens is 2. The van der Waals surface area contributed by atoms with E-state index >= 15 is 4.39 Å². The van der Waals surface area contributed by atoms with Crippen molar-refractivity contribution in [3.63, 3.8) is 0 Å². The molecule has 5 aromatic heterocycles. The Balaban J connectivity index is 1.31. The number of aromatic nitrogens is 7. The lowest BCUT2D eigenvalue weighted by molar-refractivity contribution is 0.636. The van der Waals surface area contributed by atoms with Crippen molar-refractivity contribution in [3.8, 4) is 33.9 Å². The molecule has 0 saturated heterocycles. The maximum atomic E-state index is 15.2. The van der Waals surface area contributed by atoms with Gasteiger partial charge < -0.3 is 10.3 Å². The van der Waals surface area contributed by atoms with Crippen LogP contribution < -0.4 is 5.32 Å². The minimum atomic E-state index is -0.426. The van der Waals surface area contributed by atoms with Crippen LogP contribution in [-0.4, -0.2) is 35.1 Å². The zero-order valence-corrected chi connectivity index (χ0v) is 19.7. The number of nitrogens with zero attached hydrogens (tertiary/aromatic N) is 5. The highest BCUT2D eigenvalue weighted by atomic mass is 19.1. The van der Waals surface area contributed by atoms with Gasteiger partial charge >= 0.3 is 0 Å². The lowest BCUT2D eigenvalue weighted by atomic mass is 10.0. The summed E-state index contributed by atoms with van der Waals surface area (Å²) < 4.78 is 15.2. The van der Waals surface area contributed by atoms with E-state index in [9.17, 15) is 0 Å². The number of aromatic amines is 2. The monoisotopic (exact) mass is 488 g/mol. The van der Waals surface area contributed by atoms with Gasteiger partial charge in [0, 0.05) is 47.0 Å². The molecule has 1 aliphatic carbocycles. The minimum absolute atomic E-state index is 0.245. The molecule has 37 heavy (non-hydrogen) atoms. The third-order valence-corrected chi connectivity index (χ3v) is 6.63. The molecule has 0 atom stereocenters. The van der Waals surface area contributed by atoms with Crippen molar-refractivity contribution >= 4 is 27.6 Å². The molecule has 1 saturated carbocycles. The van der Waals surface area contributed by atoms with Gasteiger partial charge in [0.2, 0.25) is 0 Å². The average Bonchev–Trinajstić information content (AvgIpc) is 3.55. The number of pyridine rings is 3. The van der Waals surface area contributed by atoms with Crippen molar-refractivity contribution in [2.75, 3.05) is 5.32 Å². The number of nitrogens with one attached hydrogen (secondary N) is 3. The highest BCUT2D eigenvalue weighted by Gasteiger charge is 2.24. The Morgan fingerprint density at radius 3 is 2.70 bits per heavy atom. The lowest BCUT2D eigenvalue weighted by Gasteiger charge is -2.10. The van der Waals surface area contributed by atoms with Crippen LogP contribution in [0.25, 0.3) is 55.8 Å². The fourth-order valence-electron chi connectivity index (χ4n) is 4.58. The first-order valence-corrected chi connectivity index (χ1v) is 12.0. The Morgan fingerprint density at radius 2 is 1.86 bits per heavy atom. The maximum Gasteiger partial charge on any atom is 0.157 e. The highest BCUT2D eigenvalue weighted by Crippen LogP contribution is 2.37. The number of rotatable bonds is 6. The van der Waals surface area contributed by atoms with Gasteiger partial charge in [0.05, 0.1) is 23.1 Å². The summed E-state index contributed by atoms with van der Waals surface area (Å²) >= 11 is 0. The van der Waals surface area contributed by atoms with E-state index in [0.717, 1.165) is 40.9 Å². The number of anilines is 1. The van der Waals surface area contributed by atoms with E-state index < -0.39 is 5.82 Å². The first kappa shape index (κ1) is 21.4. The van der Waals surface area contributed by atoms with Crippen molar-refractivity contribution in [2.45, 2.75) is 12.8 Å². The second-order valence-electron chi connectivity index (χ2n) is 9.22. The Kier molecular flexibility index (Phi) is 4.81. The van der Waals surface area contributed by atoms with E-state index in [1.807, 2.05) is 30.3 Å². The summed E-state index contributed by atoms with van der Waals surface area (Å²) in [6, 6.07) is 11.0. The van der Waals surface area contributed by atoms with Crippen LogP contribution >= 0.6 is 0 Å². The summed E-state index contributed by atoms with van der Waals surface area (Å²) in [6.45, 7) is 4.12. The lowest BCUT2D eigenvalue weighted by Crippen LogP contribution is -2.00. The highest BCUT2D eigenvalue weighted by molar-refractivity contribution is 5.97. The van der Waals surface area contributed by atoms with Crippen molar-refractivity contribution in [1.29, 1.82) is 0 Å². The third-order valence-electron chi connectivity index (χ3n) is 6.63. The molecule has 7 rings (SSSR count). The molecule has 180 valence electrons. The van der Waals surface area contributed by atoms with E-state index in [4.69, 9.17) is 4.98 Å². The quantitative estimate of drug-likeness (QED) is 0.261. The molecule has 5 heterocycles. The molecule has 0 radical (unpaired) electrons. The number of fused-ring (bicyclic) bond motifs is 2. The average molecular weight is 489 g/mol. The molecule has 0 aliphatic heterocycles. The van der Waals surface area contributed by atoms with Gasteiger partial charge in [-0.15, -0.1) is 0 Å². The number of hydrogen-bond acceptors (Lipinski definition) is 6. The topological polar surface area (TPSA) is 108 Å². The normalized spacial score (nSPS) is 13.3. The maximum absolute atomic E-state index is 15.2. The largest absolute Gasteiger partial charge is 0.358 e. The first-order valence-electron chi connectivity index (χ1n) is 12.0. The van der Waals surface area contributed by atoms with Crippen LogP contribution in [0.1, 0.15) is 12.8 Å². The van der Waals surface area contributed by atoms with Crippen LogP contribution in [0.2, 0.25) is 0 Å². The molecule has 3 N–H and O–H groups in total. The van der Waals surface area contributed by atoms with E-state index in [2.05, 4.69) is 42.0 Å². The molecule has 0 spiro atoms. The Bertz CT molecular complexity index is 1800. The van der Waals surface area contributed by atoms with Gasteiger partial charge in [0.1, 0.15) is 16.7 Å². The number of imidazole rings is 1. The summed E-state index contributed by atoms with van der Waals surface area (Å²) in [5, 5.41) is 11.2. The second-order valence-corrected chi connectivity index (χ2v) is 9.22. The summed E-state index contributed by atoms with van der Waals surface area (Å²) in [5.41, 5.74) is 7.21. The van der Waals surface area contributed by atoms with Crippen molar-refractivity contribution < 1.29 is 4.39 Å². The summed E-state index contributed by atoms with van der Waals surface area (Å²) in [5.74, 6) is 0.634. The van der Waals surface area contributed by atoms with Crippen LogP contribution in [0.5, 0.6) is 0 Å². The smallest absolute Gasteiger partial charge is 0.157 e. The van der Waals surface area contributed by atoms with Gasteiger partial charge in [-0.05, 0) is 60.7 Å². The van der Waals surface area contributed by atoms with E-state index in [1.54, 1.807) is 31.0 Å². The van der Waals surface area contributed by atoms with Gasteiger partial charge in [-0.2, -0.15) is 5.10 Å². The summed E-state index contributed by atoms with van der Waals surface area (Å²) in [6.07, 6.45) is 11.0. The van der Waals surface area contributed by atoms with E-state index in [1.165, 1.54) is 6.07 Å². The van der Waals surface area contributed by atoms with E-state index in [-0.39, 0.29) is 5.52 Å². The van der Waals surface area contributed by atoms with Crippen LogP contribution in [-0.2, 0) is 0 Å². The molecule has 0 amide bonds. The number of hydrogen-bond donors (Lipinski definition) is 3. The molecule has 1 fully saturated rings. The second kappa shape index (κ2) is 8.34. The number of halogens is 1. The third kappa shape index (κ3) is 3.81. The Morgan fingerprint density at radius 1 is 0.973 bits per heavy atom. The van der Waals surface area contributed by atoms with Crippen LogP contribution in [0.15, 0.2) is 79.7 Å². The molecule has 1 aliphatic rings. The molecule has 0 bridgehead atoms. The molecular formula is C28H21FN8. The predicted octanol–water partition coefficient (Wildman–Crippen LogP) is 6.10. The van der Waals surface area contributed by atoms with Crippen molar-refractivity contribution in [1.82, 2.24) is 35.1 Å². The standard InChI is InChI=1S/C28H21FN8/c1-15(16-4-5-16)33-20-9-19(13-31-14-20)18-10-21-25(22(29)11-18)36-37-26(21)28-34-23-6-8-32-24(27(23)35-28)17-3-2-7-30-12-17/h2-3,6-14,16,33H,1,4-5H2,(H,34,35)(H,36,37). The van der Waals surface area contributed by atoms with Gasteiger partial charge in [-0.25, -0.2) is 9.37 Å². The van der Waals surface area contributed by atoms with Crippen molar-refractivity contribution in [2.24, 2.45) is 5.92 Å². The Labute approximate surface area is 210 Å². The molecule has 8 nitrogen and oxygen atoms in total. The van der Waals surface area contributed by atoms with Crippen LogP contribution in [0.3, 0.4) is 0 Å². The van der Waals surface area contributed by atoms with Gasteiger partial charge in [-0.1, -0.05) is 6.58 Å². The molecule has 1 aromatic carbocycles. The SMILES string of the molecule is C=C(Nc1cncc(-c2cc(F)c3n[nH]c(-c4nc5c(-c6cccnc6)nccc5[nH]4)c3c2)c1)C1CC1. The Hall–Kier alpha value is -4.92. The first-order chi connectivity index (χ1) is 18.1. The summed E-state index contributed by atoms with van der Waals surface area (Å²) in [4.78, 5) is 21.2. The molecular weight excluding hydrogens is 467 g/mol.